The summed E-state index contributed by atoms with van der Waals surface area (Å²) < 4.78 is 0. The van der Waals surface area contributed by atoms with E-state index in [0.717, 1.165) is 17.9 Å². The summed E-state index contributed by atoms with van der Waals surface area (Å²) in [5, 5.41) is 0.840. The lowest BCUT2D eigenvalue weighted by Gasteiger charge is -2.28. The van der Waals surface area contributed by atoms with Gasteiger partial charge in [-0.1, -0.05) is 30.5 Å². The van der Waals surface area contributed by atoms with E-state index in [1.165, 1.54) is 29.5 Å². The Kier molecular flexibility index (Phi) is 2.78. The van der Waals surface area contributed by atoms with Crippen molar-refractivity contribution in [3.05, 3.63) is 33.8 Å². The average molecular weight is 224 g/mol. The maximum absolute atomic E-state index is 6.49. The summed E-state index contributed by atoms with van der Waals surface area (Å²) in [5.74, 6) is 0. The summed E-state index contributed by atoms with van der Waals surface area (Å²) in [4.78, 5) is 0. The van der Waals surface area contributed by atoms with Crippen molar-refractivity contribution in [3.63, 3.8) is 0 Å². The lowest BCUT2D eigenvalue weighted by atomic mass is 9.83. The zero-order valence-electron chi connectivity index (χ0n) is 9.44. The molecule has 0 atom stereocenters. The maximum Gasteiger partial charge on any atom is 0.0438 e. The molecule has 0 amide bonds. The smallest absolute Gasteiger partial charge is 0.0438 e. The van der Waals surface area contributed by atoms with Gasteiger partial charge in [0.15, 0.2) is 0 Å². The molecule has 1 aliphatic rings. The minimum atomic E-state index is -0.126. The summed E-state index contributed by atoms with van der Waals surface area (Å²) in [5.41, 5.74) is 10.1. The lowest BCUT2D eigenvalue weighted by Crippen LogP contribution is -2.34. The highest BCUT2D eigenvalue weighted by molar-refractivity contribution is 6.31. The predicted molar refractivity (Wildman–Crippen MR) is 65.3 cm³/mol. The van der Waals surface area contributed by atoms with Gasteiger partial charge in [0.25, 0.3) is 0 Å². The van der Waals surface area contributed by atoms with Gasteiger partial charge in [0.05, 0.1) is 0 Å². The summed E-state index contributed by atoms with van der Waals surface area (Å²) in [7, 11) is 0. The van der Waals surface area contributed by atoms with Crippen LogP contribution in [0, 0.1) is 13.8 Å². The van der Waals surface area contributed by atoms with Crippen molar-refractivity contribution in [2.45, 2.75) is 45.1 Å². The van der Waals surface area contributed by atoms with Gasteiger partial charge in [0.1, 0.15) is 0 Å². The van der Waals surface area contributed by atoms with Crippen LogP contribution >= 0.6 is 11.6 Å². The Morgan fingerprint density at radius 3 is 2.40 bits per heavy atom. The second kappa shape index (κ2) is 3.80. The zero-order chi connectivity index (χ0) is 11.1. The Morgan fingerprint density at radius 2 is 1.80 bits per heavy atom. The highest BCUT2D eigenvalue weighted by atomic mass is 35.5. The lowest BCUT2D eigenvalue weighted by molar-refractivity contribution is 0.456. The molecule has 0 radical (unpaired) electrons. The Hall–Kier alpha value is -0.530. The third-order valence-electron chi connectivity index (χ3n) is 3.60. The van der Waals surface area contributed by atoms with E-state index in [2.05, 4.69) is 19.9 Å². The van der Waals surface area contributed by atoms with Crippen molar-refractivity contribution >= 4 is 11.6 Å². The second-order valence-corrected chi connectivity index (χ2v) is 5.13. The number of hydrogen-bond donors (Lipinski definition) is 1. The van der Waals surface area contributed by atoms with Gasteiger partial charge in [0.2, 0.25) is 0 Å². The SMILES string of the molecule is Cc1ccc(Cl)c(C)c1C1(N)CCCC1. The van der Waals surface area contributed by atoms with Gasteiger partial charge < -0.3 is 5.73 Å². The van der Waals surface area contributed by atoms with Gasteiger partial charge in [0, 0.05) is 10.6 Å². The number of rotatable bonds is 1. The highest BCUT2D eigenvalue weighted by Gasteiger charge is 2.33. The fourth-order valence-electron chi connectivity index (χ4n) is 2.84. The molecule has 1 fully saturated rings. The molecular formula is C13H18ClN. The van der Waals surface area contributed by atoms with Crippen LogP contribution in [-0.2, 0) is 5.54 Å². The predicted octanol–water partition coefficient (Wildman–Crippen LogP) is 3.68. The van der Waals surface area contributed by atoms with Crippen LogP contribution in [0.5, 0.6) is 0 Å². The Morgan fingerprint density at radius 1 is 1.20 bits per heavy atom. The molecule has 15 heavy (non-hydrogen) atoms. The molecule has 0 bridgehead atoms. The fraction of sp³-hybridized carbons (Fsp3) is 0.538. The van der Waals surface area contributed by atoms with Crippen LogP contribution in [0.1, 0.15) is 42.4 Å². The molecule has 2 heteroatoms. The van der Waals surface area contributed by atoms with E-state index in [1.54, 1.807) is 0 Å². The maximum atomic E-state index is 6.49. The summed E-state index contributed by atoms with van der Waals surface area (Å²) in [6.45, 7) is 4.21. The minimum Gasteiger partial charge on any atom is -0.321 e. The van der Waals surface area contributed by atoms with Crippen molar-refractivity contribution in [1.29, 1.82) is 0 Å². The molecular weight excluding hydrogens is 206 g/mol. The summed E-state index contributed by atoms with van der Waals surface area (Å²) in [6.07, 6.45) is 4.66. The van der Waals surface area contributed by atoms with Gasteiger partial charge in [-0.05, 0) is 49.4 Å². The van der Waals surface area contributed by atoms with E-state index < -0.39 is 0 Å². The molecule has 82 valence electrons. The first-order chi connectivity index (χ1) is 7.04. The number of hydrogen-bond acceptors (Lipinski definition) is 1. The third-order valence-corrected chi connectivity index (χ3v) is 4.01. The standard InChI is InChI=1S/C13H18ClN/c1-9-5-6-11(14)10(2)12(9)13(15)7-3-4-8-13/h5-6H,3-4,7-8,15H2,1-2H3. The second-order valence-electron chi connectivity index (χ2n) is 4.73. The van der Waals surface area contributed by atoms with Crippen molar-refractivity contribution < 1.29 is 0 Å². The van der Waals surface area contributed by atoms with Gasteiger partial charge in [-0.2, -0.15) is 0 Å². The number of nitrogens with two attached hydrogens (primary N) is 1. The molecule has 0 unspecified atom stereocenters. The van der Waals surface area contributed by atoms with E-state index in [0.29, 0.717) is 0 Å². The van der Waals surface area contributed by atoms with Gasteiger partial charge in [-0.15, -0.1) is 0 Å². The minimum absolute atomic E-state index is 0.126. The van der Waals surface area contributed by atoms with E-state index in [-0.39, 0.29) is 5.54 Å². The van der Waals surface area contributed by atoms with Crippen LogP contribution in [0.3, 0.4) is 0 Å². The zero-order valence-corrected chi connectivity index (χ0v) is 10.2. The van der Waals surface area contributed by atoms with E-state index in [4.69, 9.17) is 17.3 Å². The molecule has 0 heterocycles. The van der Waals surface area contributed by atoms with Crippen LogP contribution in [0.2, 0.25) is 5.02 Å². The number of aryl methyl sites for hydroxylation is 1. The quantitative estimate of drug-likeness (QED) is 0.772. The van der Waals surface area contributed by atoms with E-state index in [9.17, 15) is 0 Å². The van der Waals surface area contributed by atoms with Crippen LogP contribution in [-0.4, -0.2) is 0 Å². The molecule has 0 aromatic heterocycles. The van der Waals surface area contributed by atoms with E-state index in [1.807, 2.05) is 6.07 Å². The van der Waals surface area contributed by atoms with Crippen molar-refractivity contribution in [2.24, 2.45) is 5.73 Å². The molecule has 1 aromatic carbocycles. The first-order valence-electron chi connectivity index (χ1n) is 5.60. The number of benzene rings is 1. The van der Waals surface area contributed by atoms with Crippen LogP contribution in [0.15, 0.2) is 12.1 Å². The van der Waals surface area contributed by atoms with Crippen molar-refractivity contribution in [2.75, 3.05) is 0 Å². The molecule has 0 saturated heterocycles. The van der Waals surface area contributed by atoms with Gasteiger partial charge in [-0.3, -0.25) is 0 Å². The Bertz CT molecular complexity index is 378. The molecule has 1 saturated carbocycles. The topological polar surface area (TPSA) is 26.0 Å². The Balaban J connectivity index is 2.55. The summed E-state index contributed by atoms with van der Waals surface area (Å²) in [6, 6.07) is 4.05. The average Bonchev–Trinajstić information content (AvgIpc) is 2.60. The van der Waals surface area contributed by atoms with Crippen LogP contribution in [0.4, 0.5) is 0 Å². The monoisotopic (exact) mass is 223 g/mol. The van der Waals surface area contributed by atoms with Crippen molar-refractivity contribution in [3.8, 4) is 0 Å². The van der Waals surface area contributed by atoms with Crippen LogP contribution in [0.25, 0.3) is 0 Å². The van der Waals surface area contributed by atoms with Crippen molar-refractivity contribution in [1.82, 2.24) is 0 Å². The summed E-state index contributed by atoms with van der Waals surface area (Å²) >= 11 is 6.17. The normalized spacial score (nSPS) is 19.5. The fourth-order valence-corrected chi connectivity index (χ4v) is 3.00. The molecule has 1 nitrogen and oxygen atoms in total. The first kappa shape index (κ1) is 11.0. The highest BCUT2D eigenvalue weighted by Crippen LogP contribution is 2.40. The molecule has 0 aliphatic heterocycles. The first-order valence-corrected chi connectivity index (χ1v) is 5.97. The van der Waals surface area contributed by atoms with Gasteiger partial charge >= 0.3 is 0 Å². The number of halogens is 1. The molecule has 0 spiro atoms. The largest absolute Gasteiger partial charge is 0.321 e. The van der Waals surface area contributed by atoms with E-state index >= 15 is 0 Å². The Labute approximate surface area is 96.6 Å². The van der Waals surface area contributed by atoms with Crippen LogP contribution < -0.4 is 5.73 Å². The molecule has 2 rings (SSSR count). The molecule has 2 N–H and O–H groups in total. The molecule has 1 aromatic rings. The third kappa shape index (κ3) is 1.79. The van der Waals surface area contributed by atoms with Gasteiger partial charge in [-0.25, -0.2) is 0 Å². The molecule has 1 aliphatic carbocycles.